The van der Waals surface area contributed by atoms with E-state index in [-0.39, 0.29) is 17.6 Å². The molecule has 1 aliphatic heterocycles. The summed E-state index contributed by atoms with van der Waals surface area (Å²) in [5.74, 6) is 0.793. The predicted octanol–water partition coefficient (Wildman–Crippen LogP) is 5.37. The number of benzene rings is 2. The number of likely N-dealkylation sites (tertiary alicyclic amines) is 1. The normalized spacial score (nSPS) is 18.1. The molecule has 2 aromatic rings. The minimum Gasteiger partial charge on any atom is -0.476 e. The van der Waals surface area contributed by atoms with Crippen molar-refractivity contribution in [2.24, 2.45) is 11.8 Å². The topological polar surface area (TPSA) is 65.1 Å². The molecule has 1 aliphatic rings. The molecule has 0 radical (unpaired) electrons. The van der Waals surface area contributed by atoms with Gasteiger partial charge in [-0.25, -0.2) is 4.79 Å². The van der Waals surface area contributed by atoms with E-state index in [4.69, 9.17) is 14.2 Å². The molecule has 0 bridgehead atoms. The van der Waals surface area contributed by atoms with Crippen LogP contribution in [-0.2, 0) is 20.7 Å². The number of ether oxygens (including phenoxy) is 3. The van der Waals surface area contributed by atoms with Crippen molar-refractivity contribution < 1.29 is 23.8 Å². The average Bonchev–Trinajstić information content (AvgIpc) is 3.30. The first-order valence-corrected chi connectivity index (χ1v) is 14.1. The first-order chi connectivity index (χ1) is 17.6. The van der Waals surface area contributed by atoms with Crippen molar-refractivity contribution in [3.05, 3.63) is 58.7 Å². The van der Waals surface area contributed by atoms with Crippen LogP contribution < -0.4 is 4.74 Å². The highest BCUT2D eigenvalue weighted by Gasteiger charge is 2.37. The minimum atomic E-state index is -1.07. The Morgan fingerprint density at radius 2 is 1.70 bits per heavy atom. The molecule has 2 atom stereocenters. The zero-order chi connectivity index (χ0) is 27.2. The van der Waals surface area contributed by atoms with E-state index in [1.165, 1.54) is 12.7 Å². The van der Waals surface area contributed by atoms with Gasteiger partial charge in [0.25, 0.3) is 0 Å². The molecule has 0 amide bonds. The number of thioether (sulfide) groups is 1. The number of rotatable bonds is 12. The molecule has 0 aliphatic carbocycles. The lowest BCUT2D eigenvalue weighted by atomic mass is 9.84. The largest absolute Gasteiger partial charge is 0.476 e. The van der Waals surface area contributed by atoms with Gasteiger partial charge in [-0.1, -0.05) is 24.3 Å². The molecule has 0 saturated carbocycles. The lowest BCUT2D eigenvalue weighted by Crippen LogP contribution is -2.39. The minimum absolute atomic E-state index is 0.0253. The summed E-state index contributed by atoms with van der Waals surface area (Å²) < 4.78 is 16.3. The Hall–Kier alpha value is -2.35. The molecule has 7 heteroatoms. The van der Waals surface area contributed by atoms with Gasteiger partial charge < -0.3 is 19.1 Å². The van der Waals surface area contributed by atoms with Crippen LogP contribution in [-0.4, -0.2) is 69.0 Å². The lowest BCUT2D eigenvalue weighted by molar-refractivity contribution is -0.156. The van der Waals surface area contributed by atoms with Crippen LogP contribution in [0.5, 0.6) is 5.75 Å². The third kappa shape index (κ3) is 7.37. The Balaban J connectivity index is 1.74. The maximum atomic E-state index is 13.5. The smallest absolute Gasteiger partial charge is 0.349 e. The van der Waals surface area contributed by atoms with Gasteiger partial charge in [-0.3, -0.25) is 4.79 Å². The van der Waals surface area contributed by atoms with E-state index in [1.807, 2.05) is 44.4 Å². The van der Waals surface area contributed by atoms with Gasteiger partial charge in [0.1, 0.15) is 5.75 Å². The molecule has 1 heterocycles. The van der Waals surface area contributed by atoms with E-state index < -0.39 is 11.6 Å². The second-order valence-corrected chi connectivity index (χ2v) is 11.3. The summed E-state index contributed by atoms with van der Waals surface area (Å²) in [6, 6.07) is 12.2. The number of ketones is 1. The van der Waals surface area contributed by atoms with Crippen LogP contribution in [0.15, 0.2) is 41.3 Å². The fraction of sp³-hybridized carbons (Fsp3) is 0.533. The summed E-state index contributed by atoms with van der Waals surface area (Å²) in [4.78, 5) is 29.2. The van der Waals surface area contributed by atoms with Gasteiger partial charge in [0.05, 0.1) is 13.7 Å². The molecular formula is C30H41NO5S. The quantitative estimate of drug-likeness (QED) is 0.209. The maximum absolute atomic E-state index is 13.5. The van der Waals surface area contributed by atoms with Crippen molar-refractivity contribution >= 4 is 23.5 Å². The van der Waals surface area contributed by atoms with Crippen LogP contribution >= 0.6 is 11.8 Å². The molecule has 37 heavy (non-hydrogen) atoms. The standard InChI is InChI=1S/C30H41NO5S/c1-20-16-22(17-21(2)28(20)36-30(3,4)29(33)35-6)8-9-24-18-31(14-15-34-5)19-26(24)27(32)23-10-12-25(37-7)13-11-23/h10-13,16-17,24,26H,8-9,14-15,18-19H2,1-7H3/t24-,26-/m0/s1. The Labute approximate surface area is 226 Å². The monoisotopic (exact) mass is 527 g/mol. The van der Waals surface area contributed by atoms with Gasteiger partial charge in [0.15, 0.2) is 11.4 Å². The lowest BCUT2D eigenvalue weighted by Gasteiger charge is -2.26. The van der Waals surface area contributed by atoms with Gasteiger partial charge in [-0.05, 0) is 81.5 Å². The zero-order valence-electron chi connectivity index (χ0n) is 23.3. The summed E-state index contributed by atoms with van der Waals surface area (Å²) in [6.07, 6.45) is 3.84. The van der Waals surface area contributed by atoms with Crippen LogP contribution in [0.1, 0.15) is 47.3 Å². The Morgan fingerprint density at radius 3 is 2.27 bits per heavy atom. The molecule has 0 N–H and O–H groups in total. The number of carbonyl (C=O) groups excluding carboxylic acids is 2. The second kappa shape index (κ2) is 12.9. The van der Waals surface area contributed by atoms with Gasteiger partial charge in [0.2, 0.25) is 0 Å². The number of hydrogen-bond acceptors (Lipinski definition) is 7. The molecule has 1 saturated heterocycles. The van der Waals surface area contributed by atoms with E-state index in [1.54, 1.807) is 32.7 Å². The van der Waals surface area contributed by atoms with Crippen LogP contribution in [0.25, 0.3) is 0 Å². The van der Waals surface area contributed by atoms with Crippen molar-refractivity contribution in [3.63, 3.8) is 0 Å². The maximum Gasteiger partial charge on any atom is 0.349 e. The first-order valence-electron chi connectivity index (χ1n) is 12.9. The summed E-state index contributed by atoms with van der Waals surface area (Å²) in [5.41, 5.74) is 2.92. The summed E-state index contributed by atoms with van der Waals surface area (Å²) in [6.45, 7) is 10.6. The molecule has 0 unspecified atom stereocenters. The Kier molecular flexibility index (Phi) is 10.2. The van der Waals surface area contributed by atoms with E-state index in [0.717, 1.165) is 54.1 Å². The van der Waals surface area contributed by atoms with Crippen LogP contribution in [0, 0.1) is 25.7 Å². The van der Waals surface area contributed by atoms with Gasteiger partial charge in [-0.15, -0.1) is 11.8 Å². The van der Waals surface area contributed by atoms with Crippen LogP contribution in [0.4, 0.5) is 0 Å². The molecule has 0 aromatic heterocycles. The Morgan fingerprint density at radius 1 is 1.05 bits per heavy atom. The third-order valence-electron chi connectivity index (χ3n) is 7.20. The molecule has 202 valence electrons. The van der Waals surface area contributed by atoms with E-state index in [2.05, 4.69) is 17.0 Å². The van der Waals surface area contributed by atoms with E-state index in [0.29, 0.717) is 12.4 Å². The fourth-order valence-corrected chi connectivity index (χ4v) is 5.57. The number of nitrogens with zero attached hydrogens (tertiary/aromatic N) is 1. The summed E-state index contributed by atoms with van der Waals surface area (Å²) >= 11 is 1.68. The number of methoxy groups -OCH3 is 2. The highest BCUT2D eigenvalue weighted by molar-refractivity contribution is 7.98. The number of carbonyl (C=O) groups is 2. The third-order valence-corrected chi connectivity index (χ3v) is 7.94. The molecule has 1 fully saturated rings. The van der Waals surface area contributed by atoms with E-state index in [9.17, 15) is 9.59 Å². The van der Waals surface area contributed by atoms with Crippen molar-refractivity contribution in [2.75, 3.05) is 46.7 Å². The van der Waals surface area contributed by atoms with Gasteiger partial charge in [0, 0.05) is 43.1 Å². The van der Waals surface area contributed by atoms with Crippen molar-refractivity contribution in [1.29, 1.82) is 0 Å². The second-order valence-electron chi connectivity index (χ2n) is 10.4. The predicted molar refractivity (Wildman–Crippen MR) is 149 cm³/mol. The number of hydrogen-bond donors (Lipinski definition) is 0. The van der Waals surface area contributed by atoms with Crippen LogP contribution in [0.3, 0.4) is 0 Å². The van der Waals surface area contributed by atoms with Gasteiger partial charge in [-0.2, -0.15) is 0 Å². The molecule has 2 aromatic carbocycles. The zero-order valence-corrected chi connectivity index (χ0v) is 24.1. The highest BCUT2D eigenvalue weighted by Crippen LogP contribution is 2.33. The average molecular weight is 528 g/mol. The first kappa shape index (κ1) is 29.2. The highest BCUT2D eigenvalue weighted by atomic mass is 32.2. The number of Topliss-reactive ketones (excluding diaryl/α,β-unsaturated/α-hetero) is 1. The SMILES string of the molecule is COCCN1C[C@H](CCc2cc(C)c(OC(C)(C)C(=O)OC)c(C)c2)[C@@H](C(=O)c2ccc(SC)cc2)C1. The van der Waals surface area contributed by atoms with Crippen molar-refractivity contribution in [2.45, 2.75) is 51.0 Å². The summed E-state index contributed by atoms with van der Waals surface area (Å²) in [7, 11) is 3.08. The van der Waals surface area contributed by atoms with Crippen molar-refractivity contribution in [1.82, 2.24) is 4.90 Å². The molecule has 0 spiro atoms. The van der Waals surface area contributed by atoms with E-state index >= 15 is 0 Å². The van der Waals surface area contributed by atoms with Crippen LogP contribution in [0.2, 0.25) is 0 Å². The summed E-state index contributed by atoms with van der Waals surface area (Å²) in [5, 5.41) is 0. The van der Waals surface area contributed by atoms with Gasteiger partial charge >= 0.3 is 5.97 Å². The molecule has 3 rings (SSSR count). The number of aryl methyl sites for hydroxylation is 3. The number of esters is 1. The van der Waals surface area contributed by atoms with Crippen molar-refractivity contribution in [3.8, 4) is 5.75 Å². The fourth-order valence-electron chi connectivity index (χ4n) is 5.16. The molecule has 6 nitrogen and oxygen atoms in total. The Bertz CT molecular complexity index is 1060. The molecular weight excluding hydrogens is 486 g/mol.